The predicted octanol–water partition coefficient (Wildman–Crippen LogP) is 2.74. The third-order valence-electron chi connectivity index (χ3n) is 2.06. The van der Waals surface area contributed by atoms with E-state index in [0.29, 0.717) is 10.2 Å². The molecule has 1 heterocycles. The number of hydrogen-bond donors (Lipinski definition) is 2. The molecular weight excluding hydrogens is 364 g/mol. The van der Waals surface area contributed by atoms with Crippen molar-refractivity contribution >= 4 is 43.8 Å². The number of aromatic nitrogens is 2. The van der Waals surface area contributed by atoms with Crippen LogP contribution in [0.15, 0.2) is 49.3 Å². The second-order valence-corrected chi connectivity index (χ2v) is 5.06. The quantitative estimate of drug-likeness (QED) is 0.643. The summed E-state index contributed by atoms with van der Waals surface area (Å²) in [6.07, 6.45) is 3.13. The molecule has 5 nitrogen and oxygen atoms in total. The maximum atomic E-state index is 11.2. The van der Waals surface area contributed by atoms with Crippen LogP contribution in [0.1, 0.15) is 5.56 Å². The van der Waals surface area contributed by atoms with E-state index in [2.05, 4.69) is 52.6 Å². The first-order chi connectivity index (χ1) is 8.66. The van der Waals surface area contributed by atoms with Crippen molar-refractivity contribution in [2.75, 3.05) is 5.43 Å². The largest absolute Gasteiger partial charge is 0.280 e. The third-order valence-corrected chi connectivity index (χ3v) is 3.38. The summed E-state index contributed by atoms with van der Waals surface area (Å²) in [7, 11) is 0. The van der Waals surface area contributed by atoms with E-state index in [9.17, 15) is 4.79 Å². The molecule has 2 aromatic rings. The summed E-state index contributed by atoms with van der Waals surface area (Å²) in [4.78, 5) is 11.2. The van der Waals surface area contributed by atoms with E-state index < -0.39 is 0 Å². The van der Waals surface area contributed by atoms with Crippen molar-refractivity contribution in [3.05, 3.63) is 55.3 Å². The average Bonchev–Trinajstić information content (AvgIpc) is 2.37. The minimum atomic E-state index is -0.307. The molecular formula is C11H8Br2N4O. The fourth-order valence-electron chi connectivity index (χ4n) is 1.19. The second kappa shape index (κ2) is 5.92. The van der Waals surface area contributed by atoms with Crippen LogP contribution in [0.2, 0.25) is 0 Å². The summed E-state index contributed by atoms with van der Waals surface area (Å²) in [6, 6.07) is 7.68. The van der Waals surface area contributed by atoms with Gasteiger partial charge in [-0.2, -0.15) is 10.2 Å². The number of hydrogen-bond acceptors (Lipinski definition) is 4. The Kier molecular flexibility index (Phi) is 4.27. The van der Waals surface area contributed by atoms with Crippen LogP contribution in [0, 0.1) is 0 Å². The molecule has 0 amide bonds. The lowest BCUT2D eigenvalue weighted by atomic mass is 10.2. The van der Waals surface area contributed by atoms with Gasteiger partial charge in [-0.1, -0.05) is 28.1 Å². The van der Waals surface area contributed by atoms with Gasteiger partial charge in [-0.15, -0.1) is 0 Å². The van der Waals surface area contributed by atoms with Crippen LogP contribution in [-0.4, -0.2) is 16.4 Å². The fourth-order valence-corrected chi connectivity index (χ4v) is 1.73. The zero-order valence-electron chi connectivity index (χ0n) is 9.02. The van der Waals surface area contributed by atoms with Crippen molar-refractivity contribution in [3.8, 4) is 0 Å². The molecule has 0 saturated carbocycles. The molecule has 0 radical (unpaired) electrons. The van der Waals surface area contributed by atoms with Crippen LogP contribution in [-0.2, 0) is 0 Å². The molecule has 18 heavy (non-hydrogen) atoms. The zero-order valence-corrected chi connectivity index (χ0v) is 12.2. The molecule has 0 saturated heterocycles. The average molecular weight is 372 g/mol. The highest BCUT2D eigenvalue weighted by molar-refractivity contribution is 9.10. The Labute approximate surface area is 120 Å². The van der Waals surface area contributed by atoms with Crippen LogP contribution >= 0.6 is 31.9 Å². The first-order valence-corrected chi connectivity index (χ1v) is 6.53. The molecule has 0 atom stereocenters. The van der Waals surface area contributed by atoms with Gasteiger partial charge in [-0.25, -0.2) is 5.10 Å². The number of aromatic amines is 1. The Bertz CT molecular complexity index is 622. The third kappa shape index (κ3) is 3.27. The van der Waals surface area contributed by atoms with Crippen LogP contribution in [0.4, 0.5) is 5.69 Å². The highest BCUT2D eigenvalue weighted by Crippen LogP contribution is 2.15. The van der Waals surface area contributed by atoms with Crippen LogP contribution < -0.4 is 11.0 Å². The lowest BCUT2D eigenvalue weighted by Crippen LogP contribution is -2.10. The molecule has 0 spiro atoms. The molecule has 0 aliphatic carbocycles. The molecule has 0 unspecified atom stereocenters. The van der Waals surface area contributed by atoms with Crippen molar-refractivity contribution in [3.63, 3.8) is 0 Å². The van der Waals surface area contributed by atoms with Crippen LogP contribution in [0.3, 0.4) is 0 Å². The maximum absolute atomic E-state index is 11.2. The Morgan fingerprint density at radius 3 is 2.72 bits per heavy atom. The van der Waals surface area contributed by atoms with Gasteiger partial charge in [0.05, 0.1) is 18.1 Å². The van der Waals surface area contributed by atoms with Crippen molar-refractivity contribution in [1.82, 2.24) is 10.2 Å². The molecule has 2 N–H and O–H groups in total. The molecule has 7 heteroatoms. The number of halogens is 2. The lowest BCUT2D eigenvalue weighted by Gasteiger charge is -2.00. The Hall–Kier alpha value is -1.47. The number of anilines is 1. The summed E-state index contributed by atoms with van der Waals surface area (Å²) in [5.74, 6) is 0. The van der Waals surface area contributed by atoms with Gasteiger partial charge in [0.15, 0.2) is 0 Å². The SMILES string of the molecule is O=c1[nH]ncc(NN=Cc2ccc(Br)cc2)c1Br. The highest BCUT2D eigenvalue weighted by Gasteiger charge is 2.02. The molecule has 92 valence electrons. The molecule has 0 fully saturated rings. The van der Waals surface area contributed by atoms with E-state index in [1.54, 1.807) is 6.21 Å². The summed E-state index contributed by atoms with van der Waals surface area (Å²) < 4.78 is 1.37. The maximum Gasteiger partial charge on any atom is 0.280 e. The number of hydrazone groups is 1. The Balaban J connectivity index is 2.09. The molecule has 0 bridgehead atoms. The summed E-state index contributed by atoms with van der Waals surface area (Å²) in [6.45, 7) is 0. The first-order valence-electron chi connectivity index (χ1n) is 4.94. The molecule has 2 rings (SSSR count). The van der Waals surface area contributed by atoms with Crippen LogP contribution in [0.5, 0.6) is 0 Å². The van der Waals surface area contributed by atoms with Gasteiger partial charge in [-0.05, 0) is 33.6 Å². The number of H-pyrrole nitrogens is 1. The molecule has 1 aromatic carbocycles. The highest BCUT2D eigenvalue weighted by atomic mass is 79.9. The molecule has 1 aromatic heterocycles. The smallest absolute Gasteiger partial charge is 0.275 e. The second-order valence-electron chi connectivity index (χ2n) is 3.35. The van der Waals surface area contributed by atoms with Gasteiger partial charge in [-0.3, -0.25) is 10.2 Å². The standard InChI is InChI=1S/C11H8Br2N4O/c12-8-3-1-7(2-4-8)5-14-16-9-6-15-17-11(18)10(9)13/h1-6H,(H2,16,17,18). The topological polar surface area (TPSA) is 70.1 Å². The van der Waals surface area contributed by atoms with E-state index >= 15 is 0 Å². The van der Waals surface area contributed by atoms with Gasteiger partial charge >= 0.3 is 0 Å². The summed E-state index contributed by atoms with van der Waals surface area (Å²) >= 11 is 6.50. The monoisotopic (exact) mass is 370 g/mol. The number of nitrogens with one attached hydrogen (secondary N) is 2. The number of nitrogens with zero attached hydrogens (tertiary/aromatic N) is 2. The summed E-state index contributed by atoms with van der Waals surface area (Å²) in [5, 5.41) is 10.0. The van der Waals surface area contributed by atoms with Gasteiger partial charge in [0.2, 0.25) is 0 Å². The molecule has 0 aliphatic heterocycles. The zero-order chi connectivity index (χ0) is 13.0. The predicted molar refractivity (Wildman–Crippen MR) is 77.9 cm³/mol. The first kappa shape index (κ1) is 13.0. The Morgan fingerprint density at radius 1 is 1.28 bits per heavy atom. The molecule has 0 aliphatic rings. The van der Waals surface area contributed by atoms with E-state index in [1.165, 1.54) is 6.20 Å². The van der Waals surface area contributed by atoms with Crippen molar-refractivity contribution in [2.24, 2.45) is 5.10 Å². The van der Waals surface area contributed by atoms with E-state index in [-0.39, 0.29) is 5.56 Å². The number of benzene rings is 1. The minimum Gasteiger partial charge on any atom is -0.275 e. The van der Waals surface area contributed by atoms with E-state index in [1.807, 2.05) is 24.3 Å². The Morgan fingerprint density at radius 2 is 2.00 bits per heavy atom. The normalized spacial score (nSPS) is 10.8. The van der Waals surface area contributed by atoms with Gasteiger partial charge < -0.3 is 0 Å². The van der Waals surface area contributed by atoms with Gasteiger partial charge in [0, 0.05) is 4.47 Å². The lowest BCUT2D eigenvalue weighted by molar-refractivity contribution is 0.977. The van der Waals surface area contributed by atoms with Crippen molar-refractivity contribution in [1.29, 1.82) is 0 Å². The van der Waals surface area contributed by atoms with Gasteiger partial charge in [0.25, 0.3) is 5.56 Å². The van der Waals surface area contributed by atoms with Crippen LogP contribution in [0.25, 0.3) is 0 Å². The number of rotatable bonds is 3. The minimum absolute atomic E-state index is 0.307. The summed E-state index contributed by atoms with van der Waals surface area (Å²) in [5.41, 5.74) is 3.89. The van der Waals surface area contributed by atoms with Crippen molar-refractivity contribution < 1.29 is 0 Å². The van der Waals surface area contributed by atoms with Gasteiger partial charge in [0.1, 0.15) is 4.47 Å². The fraction of sp³-hybridized carbons (Fsp3) is 0. The van der Waals surface area contributed by atoms with Crippen molar-refractivity contribution in [2.45, 2.75) is 0 Å². The van der Waals surface area contributed by atoms with E-state index in [0.717, 1.165) is 10.0 Å². The van der Waals surface area contributed by atoms with E-state index in [4.69, 9.17) is 0 Å².